The van der Waals surface area contributed by atoms with E-state index in [1.54, 1.807) is 18.6 Å². The molecule has 7 heteroatoms. The summed E-state index contributed by atoms with van der Waals surface area (Å²) in [6.45, 7) is 6.67. The van der Waals surface area contributed by atoms with Gasteiger partial charge in [-0.25, -0.2) is 9.97 Å². The maximum absolute atomic E-state index is 12.6. The van der Waals surface area contributed by atoms with E-state index in [9.17, 15) is 4.79 Å². The maximum Gasteiger partial charge on any atom is 0.254 e. The zero-order valence-corrected chi connectivity index (χ0v) is 16.1. The van der Waals surface area contributed by atoms with Crippen molar-refractivity contribution in [3.05, 3.63) is 48.0 Å². The number of aromatic nitrogens is 3. The predicted octanol–water partition coefficient (Wildman–Crippen LogP) is 2.65. The SMILES string of the molecule is CC(C)Nc1ncc(C(=O)NC[C@H](c2cccnc2)N2CCCCC2)cn1. The van der Waals surface area contributed by atoms with E-state index in [-0.39, 0.29) is 18.0 Å². The molecule has 0 aromatic carbocycles. The molecule has 0 saturated carbocycles. The molecule has 0 spiro atoms. The number of likely N-dealkylation sites (tertiary alicyclic amines) is 1. The van der Waals surface area contributed by atoms with E-state index >= 15 is 0 Å². The molecular formula is C20H28N6O. The molecule has 1 aliphatic rings. The number of nitrogens with one attached hydrogen (secondary N) is 2. The molecule has 0 radical (unpaired) electrons. The van der Waals surface area contributed by atoms with Crippen LogP contribution in [-0.2, 0) is 0 Å². The number of carbonyl (C=O) groups excluding carboxylic acids is 1. The molecular weight excluding hydrogens is 340 g/mol. The third kappa shape index (κ3) is 5.47. The van der Waals surface area contributed by atoms with Crippen molar-refractivity contribution >= 4 is 11.9 Å². The first-order valence-electron chi connectivity index (χ1n) is 9.64. The fourth-order valence-corrected chi connectivity index (χ4v) is 3.33. The number of amides is 1. The van der Waals surface area contributed by atoms with E-state index in [0.717, 1.165) is 18.7 Å². The average molecular weight is 368 g/mol. The van der Waals surface area contributed by atoms with E-state index in [1.807, 2.05) is 26.1 Å². The summed E-state index contributed by atoms with van der Waals surface area (Å²) >= 11 is 0. The molecule has 1 amide bonds. The number of anilines is 1. The molecule has 2 N–H and O–H groups in total. The first-order chi connectivity index (χ1) is 13.1. The summed E-state index contributed by atoms with van der Waals surface area (Å²) in [6, 6.07) is 4.40. The molecule has 0 unspecified atom stereocenters. The summed E-state index contributed by atoms with van der Waals surface area (Å²) in [5.74, 6) is 0.375. The predicted molar refractivity (Wildman–Crippen MR) is 106 cm³/mol. The van der Waals surface area contributed by atoms with Crippen LogP contribution in [-0.4, -0.2) is 51.4 Å². The van der Waals surface area contributed by atoms with Gasteiger partial charge in [0.05, 0.1) is 11.6 Å². The number of pyridine rings is 1. The fraction of sp³-hybridized carbons (Fsp3) is 0.500. The Morgan fingerprint density at radius 1 is 1.15 bits per heavy atom. The highest BCUT2D eigenvalue weighted by Gasteiger charge is 2.23. The summed E-state index contributed by atoms with van der Waals surface area (Å²) in [5, 5.41) is 6.16. The van der Waals surface area contributed by atoms with Gasteiger partial charge >= 0.3 is 0 Å². The van der Waals surface area contributed by atoms with Crippen molar-refractivity contribution in [2.75, 3.05) is 25.0 Å². The van der Waals surface area contributed by atoms with Gasteiger partial charge in [0.2, 0.25) is 5.95 Å². The van der Waals surface area contributed by atoms with Gasteiger partial charge in [-0.3, -0.25) is 14.7 Å². The standard InChI is InChI=1S/C20H28N6O/c1-15(2)25-20-23-12-17(13-24-20)19(27)22-14-18(16-7-6-8-21-11-16)26-9-4-3-5-10-26/h6-8,11-13,15,18H,3-5,9-10,14H2,1-2H3,(H,22,27)(H,23,24,25)/t18-/m1/s1. The van der Waals surface area contributed by atoms with Gasteiger partial charge in [0, 0.05) is 37.4 Å². The summed E-state index contributed by atoms with van der Waals surface area (Å²) in [7, 11) is 0. The molecule has 2 aromatic heterocycles. The molecule has 1 fully saturated rings. The van der Waals surface area contributed by atoms with Crippen molar-refractivity contribution in [2.45, 2.75) is 45.2 Å². The lowest BCUT2D eigenvalue weighted by Gasteiger charge is -2.34. The Bertz CT molecular complexity index is 713. The molecule has 0 aliphatic carbocycles. The Labute approximate surface area is 160 Å². The van der Waals surface area contributed by atoms with E-state index in [0.29, 0.717) is 18.1 Å². The number of rotatable bonds is 7. The topological polar surface area (TPSA) is 83.0 Å². The van der Waals surface area contributed by atoms with Crippen LogP contribution in [0.4, 0.5) is 5.95 Å². The van der Waals surface area contributed by atoms with Crippen LogP contribution in [0.25, 0.3) is 0 Å². The summed E-state index contributed by atoms with van der Waals surface area (Å²) < 4.78 is 0. The van der Waals surface area contributed by atoms with Crippen LogP contribution in [0.5, 0.6) is 0 Å². The third-order valence-electron chi connectivity index (χ3n) is 4.69. The molecule has 7 nitrogen and oxygen atoms in total. The number of carbonyl (C=O) groups is 1. The van der Waals surface area contributed by atoms with Crippen LogP contribution in [0.15, 0.2) is 36.9 Å². The van der Waals surface area contributed by atoms with Gasteiger partial charge in [0.1, 0.15) is 0 Å². The van der Waals surface area contributed by atoms with E-state index in [2.05, 4.69) is 36.6 Å². The number of piperidine rings is 1. The van der Waals surface area contributed by atoms with Crippen molar-refractivity contribution in [1.29, 1.82) is 0 Å². The lowest BCUT2D eigenvalue weighted by Crippen LogP contribution is -2.40. The minimum atomic E-state index is -0.156. The quantitative estimate of drug-likeness (QED) is 0.782. The van der Waals surface area contributed by atoms with Gasteiger partial charge < -0.3 is 10.6 Å². The van der Waals surface area contributed by atoms with Crippen molar-refractivity contribution in [1.82, 2.24) is 25.2 Å². The number of hydrogen-bond acceptors (Lipinski definition) is 6. The molecule has 1 aliphatic heterocycles. The minimum absolute atomic E-state index is 0.130. The first kappa shape index (κ1) is 19.2. The molecule has 1 saturated heterocycles. The van der Waals surface area contributed by atoms with Gasteiger partial charge in [-0.05, 0) is 51.4 Å². The second-order valence-electron chi connectivity index (χ2n) is 7.20. The van der Waals surface area contributed by atoms with Gasteiger partial charge in [-0.2, -0.15) is 0 Å². The maximum atomic E-state index is 12.6. The first-order valence-corrected chi connectivity index (χ1v) is 9.64. The largest absolute Gasteiger partial charge is 0.352 e. The van der Waals surface area contributed by atoms with Crippen LogP contribution in [0, 0.1) is 0 Å². The van der Waals surface area contributed by atoms with Crippen LogP contribution >= 0.6 is 0 Å². The van der Waals surface area contributed by atoms with Crippen molar-refractivity contribution < 1.29 is 4.79 Å². The lowest BCUT2D eigenvalue weighted by molar-refractivity contribution is 0.0923. The lowest BCUT2D eigenvalue weighted by atomic mass is 10.0. The smallest absolute Gasteiger partial charge is 0.254 e. The summed E-state index contributed by atoms with van der Waals surface area (Å²) in [5.41, 5.74) is 1.60. The molecule has 3 heterocycles. The van der Waals surface area contributed by atoms with Crippen molar-refractivity contribution in [3.8, 4) is 0 Å². The normalized spacial score (nSPS) is 16.1. The average Bonchev–Trinajstić information content (AvgIpc) is 2.70. The zero-order chi connectivity index (χ0) is 19.1. The second-order valence-corrected chi connectivity index (χ2v) is 7.20. The van der Waals surface area contributed by atoms with E-state index in [1.165, 1.54) is 19.3 Å². The number of nitrogens with zero attached hydrogens (tertiary/aromatic N) is 4. The van der Waals surface area contributed by atoms with Gasteiger partial charge in [0.15, 0.2) is 0 Å². The molecule has 2 aromatic rings. The third-order valence-corrected chi connectivity index (χ3v) is 4.69. The highest BCUT2D eigenvalue weighted by molar-refractivity contribution is 5.93. The second kappa shape index (κ2) is 9.41. The van der Waals surface area contributed by atoms with E-state index < -0.39 is 0 Å². The molecule has 27 heavy (non-hydrogen) atoms. The Kier molecular flexibility index (Phi) is 6.70. The Morgan fingerprint density at radius 3 is 2.52 bits per heavy atom. The molecule has 3 rings (SSSR count). The molecule has 1 atom stereocenters. The highest BCUT2D eigenvalue weighted by Crippen LogP contribution is 2.23. The zero-order valence-electron chi connectivity index (χ0n) is 16.1. The van der Waals surface area contributed by atoms with E-state index in [4.69, 9.17) is 0 Å². The highest BCUT2D eigenvalue weighted by atomic mass is 16.1. The summed E-state index contributed by atoms with van der Waals surface area (Å²) in [6.07, 6.45) is 10.5. The van der Waals surface area contributed by atoms with Crippen LogP contribution in [0.1, 0.15) is 55.1 Å². The number of hydrogen-bond donors (Lipinski definition) is 2. The van der Waals surface area contributed by atoms with Crippen LogP contribution < -0.4 is 10.6 Å². The summed E-state index contributed by atoms with van der Waals surface area (Å²) in [4.78, 5) is 27.7. The Balaban J connectivity index is 1.64. The fourth-order valence-electron chi connectivity index (χ4n) is 3.33. The van der Waals surface area contributed by atoms with Gasteiger partial charge in [0.25, 0.3) is 5.91 Å². The van der Waals surface area contributed by atoms with Crippen LogP contribution in [0.3, 0.4) is 0 Å². The molecule has 144 valence electrons. The van der Waals surface area contributed by atoms with Gasteiger partial charge in [-0.15, -0.1) is 0 Å². The van der Waals surface area contributed by atoms with Crippen LogP contribution in [0.2, 0.25) is 0 Å². The van der Waals surface area contributed by atoms with Gasteiger partial charge in [-0.1, -0.05) is 12.5 Å². The Hall–Kier alpha value is -2.54. The monoisotopic (exact) mass is 368 g/mol. The molecule has 0 bridgehead atoms. The minimum Gasteiger partial charge on any atom is -0.352 e. The Morgan fingerprint density at radius 2 is 1.89 bits per heavy atom. The van der Waals surface area contributed by atoms with Crippen molar-refractivity contribution in [3.63, 3.8) is 0 Å². The van der Waals surface area contributed by atoms with Crippen molar-refractivity contribution in [2.24, 2.45) is 0 Å².